The van der Waals surface area contributed by atoms with E-state index >= 15 is 0 Å². The first kappa shape index (κ1) is 89.0. The first-order valence-electron chi connectivity index (χ1n) is 30.6. The van der Waals surface area contributed by atoms with Crippen molar-refractivity contribution in [2.24, 2.45) is 0 Å². The van der Waals surface area contributed by atoms with Crippen LogP contribution in [0, 0.1) is 24.3 Å². The third-order valence-electron chi connectivity index (χ3n) is 12.3. The van der Waals surface area contributed by atoms with Crippen LogP contribution in [0.1, 0.15) is 62.7 Å². The average molecular weight is 2090 g/mol. The van der Waals surface area contributed by atoms with E-state index in [4.69, 9.17) is 39.4 Å². The van der Waals surface area contributed by atoms with E-state index in [0.29, 0.717) is 6.61 Å². The van der Waals surface area contributed by atoms with E-state index < -0.39 is 23.9 Å². The molecule has 0 saturated heterocycles. The van der Waals surface area contributed by atoms with Crippen LogP contribution < -0.4 is 18.9 Å². The molecule has 4 radical (unpaired) electrons. The summed E-state index contributed by atoms with van der Waals surface area (Å²) in [6.07, 6.45) is 13.0. The summed E-state index contributed by atoms with van der Waals surface area (Å²) in [5.74, 6) is 0.0604. The van der Waals surface area contributed by atoms with Gasteiger partial charge in [0.2, 0.25) is 0 Å². The summed E-state index contributed by atoms with van der Waals surface area (Å²) in [7, 11) is 1.65. The average Bonchev–Trinajstić information content (AvgIpc) is 0.855. The smallest absolute Gasteiger partial charge is 0.540 e. The van der Waals surface area contributed by atoms with Gasteiger partial charge in [0.1, 0.15) is 28.5 Å². The van der Waals surface area contributed by atoms with Gasteiger partial charge >= 0.3 is 103 Å². The van der Waals surface area contributed by atoms with Gasteiger partial charge in [0.25, 0.3) is 0 Å². The molecule has 20 nitrogen and oxygen atoms in total. The maximum atomic E-state index is 10.1. The summed E-state index contributed by atoms with van der Waals surface area (Å²) in [5.41, 5.74) is 7.43. The van der Waals surface area contributed by atoms with Crippen molar-refractivity contribution < 1.29 is 138 Å². The molecule has 4 N–H and O–H groups in total. The van der Waals surface area contributed by atoms with E-state index in [1.165, 1.54) is 49.1 Å². The minimum Gasteiger partial charge on any atom is -0.540 e. The Labute approximate surface area is 656 Å². The normalized spacial score (nSPS) is 9.28. The van der Waals surface area contributed by atoms with Crippen LogP contribution in [0.2, 0.25) is 0 Å². The number of carboxylic acid groups (broad SMARTS) is 4. The fraction of sp³-hybridized carbons (Fsp3) is 0.0750. The second-order valence-electron chi connectivity index (χ2n) is 19.8. The SMILES string of the molecule is CC(C)Oc1ccc[c-]c1-c1ccccn1.CCOc1ccc[c-]c1-c1ccccn1.COc1ccc[c-]c1-c1ccccn1.O=C(O)c1ccccn1.O=C(O)c1ccccn1.O=C(O)c1ccccn1.O=C(O)c1ccccn1.[Os+].[Os+].[Os+].[Os+].[c-]1cccc(Oc2ccccc2)c1-c1ccccn1. The first-order chi connectivity index (χ1) is 48.8. The van der Waals surface area contributed by atoms with Crippen LogP contribution in [-0.4, -0.2) is 104 Å². The summed E-state index contributed by atoms with van der Waals surface area (Å²) >= 11 is 0. The van der Waals surface area contributed by atoms with E-state index in [1.807, 2.05) is 197 Å². The molecule has 13 rings (SSSR count). The molecule has 0 bridgehead atoms. The fourth-order valence-electron chi connectivity index (χ4n) is 7.98. The van der Waals surface area contributed by atoms with E-state index in [0.717, 1.165) is 73.8 Å². The molecule has 0 unspecified atom stereocenters. The van der Waals surface area contributed by atoms with Crippen LogP contribution in [0.25, 0.3) is 45.0 Å². The van der Waals surface area contributed by atoms with Gasteiger partial charge in [-0.05, 0) is 128 Å². The first-order valence-corrected chi connectivity index (χ1v) is 30.6. The Morgan fingerprint density at radius 2 is 0.606 bits per heavy atom. The van der Waals surface area contributed by atoms with E-state index in [9.17, 15) is 19.2 Å². The number of pyridine rings is 8. The largest absolute Gasteiger partial charge is 1.00 e. The van der Waals surface area contributed by atoms with Crippen molar-refractivity contribution in [1.29, 1.82) is 0 Å². The van der Waals surface area contributed by atoms with Gasteiger partial charge in [-0.15, -0.1) is 97.1 Å². The predicted octanol–water partition coefficient (Wildman–Crippen LogP) is 16.3. The second kappa shape index (κ2) is 52.0. The Balaban J connectivity index is 0.000000408. The van der Waals surface area contributed by atoms with Crippen LogP contribution in [0.15, 0.2) is 298 Å². The molecule has 0 aliphatic rings. The zero-order chi connectivity index (χ0) is 71.4. The molecule has 24 heteroatoms. The number of hydrogen-bond acceptors (Lipinski definition) is 16. The molecule has 8 heterocycles. The number of benzene rings is 5. The number of nitrogens with zero attached hydrogens (tertiary/aromatic N) is 8. The number of aromatic carboxylic acids is 4. The summed E-state index contributed by atoms with van der Waals surface area (Å²) in [5, 5.41) is 33.3. The van der Waals surface area contributed by atoms with Crippen molar-refractivity contribution in [3.63, 3.8) is 0 Å². The predicted molar refractivity (Wildman–Crippen MR) is 379 cm³/mol. The van der Waals surface area contributed by atoms with Gasteiger partial charge in [-0.3, -0.25) is 0 Å². The maximum absolute atomic E-state index is 10.1. The monoisotopic (exact) mass is 2100 g/mol. The molecular formula is C80H68N8O12Os4. The van der Waals surface area contributed by atoms with E-state index in [1.54, 1.807) is 80.4 Å². The zero-order valence-corrected chi connectivity index (χ0v) is 66.3. The number of para-hydroxylation sites is 1. The number of carboxylic acids is 4. The maximum Gasteiger partial charge on any atom is 1.00 e. The molecule has 0 saturated carbocycles. The minimum absolute atomic E-state index is 0. The van der Waals surface area contributed by atoms with Crippen LogP contribution in [0.3, 0.4) is 0 Å². The number of hydrogen-bond donors (Lipinski definition) is 4. The Morgan fingerprint density at radius 1 is 0.337 bits per heavy atom. The van der Waals surface area contributed by atoms with Crippen molar-refractivity contribution in [3.8, 4) is 73.8 Å². The quantitative estimate of drug-likeness (QED) is 0.0694. The summed E-state index contributed by atoms with van der Waals surface area (Å²) in [6, 6.07) is 87.3. The molecule has 0 fully saturated rings. The van der Waals surface area contributed by atoms with Gasteiger partial charge in [0.05, 0.1) is 19.8 Å². The summed E-state index contributed by atoms with van der Waals surface area (Å²) in [6.45, 7) is 6.64. The van der Waals surface area contributed by atoms with Gasteiger partial charge in [0.15, 0.2) is 0 Å². The Bertz CT molecular complexity index is 4280. The molecule has 0 atom stereocenters. The topological polar surface area (TPSA) is 289 Å². The van der Waals surface area contributed by atoms with Crippen LogP contribution in [0.4, 0.5) is 0 Å². The number of carbonyl (C=O) groups is 4. The van der Waals surface area contributed by atoms with Crippen molar-refractivity contribution in [2.75, 3.05) is 13.7 Å². The molecule has 0 amide bonds. The van der Waals surface area contributed by atoms with Crippen LogP contribution >= 0.6 is 0 Å². The summed E-state index contributed by atoms with van der Waals surface area (Å²) < 4.78 is 22.4. The van der Waals surface area contributed by atoms with E-state index in [-0.39, 0.29) is 108 Å². The Hall–Kier alpha value is -11.1. The van der Waals surface area contributed by atoms with Crippen molar-refractivity contribution >= 4 is 23.9 Å². The molecular weight excluding hydrogens is 2030 g/mol. The van der Waals surface area contributed by atoms with Crippen LogP contribution in [-0.2, 0) is 79.2 Å². The number of methoxy groups -OCH3 is 1. The Morgan fingerprint density at radius 3 is 0.875 bits per heavy atom. The molecule has 0 aliphatic carbocycles. The zero-order valence-electron chi connectivity index (χ0n) is 56.1. The molecule has 104 heavy (non-hydrogen) atoms. The Kier molecular flexibility index (Phi) is 44.5. The fourth-order valence-corrected chi connectivity index (χ4v) is 7.98. The molecule has 0 spiro atoms. The van der Waals surface area contributed by atoms with Crippen molar-refractivity contribution in [2.45, 2.75) is 26.9 Å². The van der Waals surface area contributed by atoms with Crippen molar-refractivity contribution in [1.82, 2.24) is 39.9 Å². The van der Waals surface area contributed by atoms with Gasteiger partial charge < -0.3 is 59.3 Å². The van der Waals surface area contributed by atoms with E-state index in [2.05, 4.69) is 64.1 Å². The standard InChI is InChI=1S/C17H12NO.C14H14NO.C13H12NO.C12H10NO.4C6H5NO2.4Os/c1-2-8-14(9-3-1)19-17-12-5-4-10-15(17)16-11-6-7-13-18-16;1-11(2)16-14-9-4-3-7-12(14)13-8-5-6-10-15-13;1-2-15-13-9-4-3-7-11(13)12-8-5-6-10-14-12;1-14-12-8-3-2-6-10(12)11-7-4-5-9-13-11;4*8-6(9)5-3-1-2-4-7-5;;;;/h1-9,11-13H;3-6,8-11H,1-2H3;3-6,8-10H,2H2,1H3;2-5,7-9H,1H3;4*1-4H,(H,8,9);;;;/q4*-1;;;;;4*+1. The number of aromatic nitrogens is 8. The van der Waals surface area contributed by atoms with Gasteiger partial charge in [-0.25, -0.2) is 39.1 Å². The third kappa shape index (κ3) is 32.7. The molecule has 532 valence electrons. The number of rotatable bonds is 15. The third-order valence-corrected chi connectivity index (χ3v) is 12.3. The number of ether oxygens (including phenoxy) is 4. The van der Waals surface area contributed by atoms with Crippen LogP contribution in [0.5, 0.6) is 28.7 Å². The second-order valence-corrected chi connectivity index (χ2v) is 19.8. The molecule has 0 aliphatic heterocycles. The minimum atomic E-state index is -0.990. The summed E-state index contributed by atoms with van der Waals surface area (Å²) in [4.78, 5) is 72.0. The molecule has 13 aromatic rings. The van der Waals surface area contributed by atoms with Gasteiger partial charge in [-0.1, -0.05) is 113 Å². The molecule has 5 aromatic carbocycles. The van der Waals surface area contributed by atoms with Gasteiger partial charge in [0, 0.05) is 72.6 Å². The van der Waals surface area contributed by atoms with Gasteiger partial charge in [-0.2, -0.15) is 0 Å². The van der Waals surface area contributed by atoms with Crippen molar-refractivity contribution in [3.05, 3.63) is 345 Å². The molecule has 8 aromatic heterocycles.